The van der Waals surface area contributed by atoms with Gasteiger partial charge >= 0.3 is 0 Å². The van der Waals surface area contributed by atoms with Crippen LogP contribution in [0.1, 0.15) is 45.6 Å². The van der Waals surface area contributed by atoms with Gasteiger partial charge in [0.15, 0.2) is 0 Å². The monoisotopic (exact) mass is 312 g/mol. The quantitative estimate of drug-likeness (QED) is 0.849. The summed E-state index contributed by atoms with van der Waals surface area (Å²) >= 11 is 1.80. The summed E-state index contributed by atoms with van der Waals surface area (Å²) in [5.74, 6) is 0.206. The Hall–Kier alpha value is -1.81. The molecule has 1 aromatic carbocycles. The van der Waals surface area contributed by atoms with Crippen molar-refractivity contribution >= 4 is 22.2 Å². The lowest BCUT2D eigenvalue weighted by atomic mass is 10.0. The Labute approximate surface area is 135 Å². The molecule has 4 heteroatoms. The molecule has 0 atom stereocenters. The van der Waals surface area contributed by atoms with E-state index in [1.165, 1.54) is 35.3 Å². The SMILES string of the molecule is O=C1c2c(sc3c2CCCCC3)NCN1Cc1ccccc1. The number of hydrogen-bond acceptors (Lipinski definition) is 3. The van der Waals surface area contributed by atoms with Gasteiger partial charge in [-0.05, 0) is 36.8 Å². The lowest BCUT2D eigenvalue weighted by Crippen LogP contribution is -2.39. The first-order valence-corrected chi connectivity index (χ1v) is 8.86. The highest BCUT2D eigenvalue weighted by Gasteiger charge is 2.31. The average Bonchev–Trinajstić information content (AvgIpc) is 2.74. The zero-order valence-corrected chi connectivity index (χ0v) is 13.4. The molecule has 0 spiro atoms. The number of nitrogens with zero attached hydrogens (tertiary/aromatic N) is 1. The summed E-state index contributed by atoms with van der Waals surface area (Å²) in [6, 6.07) is 10.2. The third-order valence-electron chi connectivity index (χ3n) is 4.57. The summed E-state index contributed by atoms with van der Waals surface area (Å²) in [5, 5.41) is 4.56. The summed E-state index contributed by atoms with van der Waals surface area (Å²) in [7, 11) is 0. The van der Waals surface area contributed by atoms with E-state index in [0.29, 0.717) is 13.2 Å². The molecule has 0 fully saturated rings. The molecule has 0 unspecified atom stereocenters. The van der Waals surface area contributed by atoms with Gasteiger partial charge in [-0.2, -0.15) is 0 Å². The molecule has 1 N–H and O–H groups in total. The first-order valence-electron chi connectivity index (χ1n) is 8.04. The van der Waals surface area contributed by atoms with E-state index >= 15 is 0 Å². The maximum atomic E-state index is 13.0. The molecule has 1 amide bonds. The van der Waals surface area contributed by atoms with E-state index in [1.54, 1.807) is 11.3 Å². The number of hydrogen-bond donors (Lipinski definition) is 1. The van der Waals surface area contributed by atoms with Crippen LogP contribution in [0.4, 0.5) is 5.00 Å². The van der Waals surface area contributed by atoms with Crippen molar-refractivity contribution in [1.29, 1.82) is 0 Å². The van der Waals surface area contributed by atoms with Gasteiger partial charge in [0.1, 0.15) is 5.00 Å². The molecule has 1 aromatic heterocycles. The fraction of sp³-hybridized carbons (Fsp3) is 0.389. The van der Waals surface area contributed by atoms with Gasteiger partial charge in [-0.15, -0.1) is 11.3 Å². The van der Waals surface area contributed by atoms with Crippen molar-refractivity contribution in [1.82, 2.24) is 4.90 Å². The minimum Gasteiger partial charge on any atom is -0.359 e. The predicted molar refractivity (Wildman–Crippen MR) is 90.4 cm³/mol. The number of anilines is 1. The highest BCUT2D eigenvalue weighted by atomic mass is 32.1. The molecule has 4 rings (SSSR count). The Morgan fingerprint density at radius 1 is 1.09 bits per heavy atom. The summed E-state index contributed by atoms with van der Waals surface area (Å²) in [6.07, 6.45) is 5.95. The van der Waals surface area contributed by atoms with Gasteiger partial charge in [-0.1, -0.05) is 36.8 Å². The van der Waals surface area contributed by atoms with Gasteiger partial charge in [0, 0.05) is 11.4 Å². The molecule has 114 valence electrons. The highest BCUT2D eigenvalue weighted by molar-refractivity contribution is 7.16. The third-order valence-corrected chi connectivity index (χ3v) is 5.82. The first-order chi connectivity index (χ1) is 10.8. The molecular formula is C18H20N2OS. The van der Waals surface area contributed by atoms with Crippen LogP contribution in [-0.4, -0.2) is 17.5 Å². The Kier molecular flexibility index (Phi) is 3.62. The van der Waals surface area contributed by atoms with E-state index in [1.807, 2.05) is 23.1 Å². The van der Waals surface area contributed by atoms with Crippen LogP contribution < -0.4 is 5.32 Å². The van der Waals surface area contributed by atoms with Crippen LogP contribution in [0.25, 0.3) is 0 Å². The molecule has 22 heavy (non-hydrogen) atoms. The van der Waals surface area contributed by atoms with Crippen molar-refractivity contribution in [3.63, 3.8) is 0 Å². The average molecular weight is 312 g/mol. The van der Waals surface area contributed by atoms with Crippen LogP contribution in [-0.2, 0) is 19.4 Å². The normalized spacial score (nSPS) is 17.5. The lowest BCUT2D eigenvalue weighted by Gasteiger charge is -2.28. The van der Waals surface area contributed by atoms with E-state index in [2.05, 4.69) is 17.4 Å². The van der Waals surface area contributed by atoms with Gasteiger partial charge < -0.3 is 10.2 Å². The van der Waals surface area contributed by atoms with Crippen molar-refractivity contribution in [3.05, 3.63) is 51.9 Å². The number of nitrogens with one attached hydrogen (secondary N) is 1. The zero-order chi connectivity index (χ0) is 14.9. The largest absolute Gasteiger partial charge is 0.359 e. The number of carbonyl (C=O) groups is 1. The van der Waals surface area contributed by atoms with Gasteiger partial charge in [-0.25, -0.2) is 0 Å². The van der Waals surface area contributed by atoms with Crippen molar-refractivity contribution in [2.45, 2.75) is 38.6 Å². The van der Waals surface area contributed by atoms with Crippen LogP contribution in [0.2, 0.25) is 0 Å². The Morgan fingerprint density at radius 2 is 1.91 bits per heavy atom. The fourth-order valence-electron chi connectivity index (χ4n) is 3.42. The van der Waals surface area contributed by atoms with E-state index in [-0.39, 0.29) is 5.91 Å². The predicted octanol–water partition coefficient (Wildman–Crippen LogP) is 4.04. The highest BCUT2D eigenvalue weighted by Crippen LogP contribution is 2.39. The topological polar surface area (TPSA) is 32.3 Å². The second-order valence-electron chi connectivity index (χ2n) is 6.09. The van der Waals surface area contributed by atoms with Crippen molar-refractivity contribution in [3.8, 4) is 0 Å². The summed E-state index contributed by atoms with van der Waals surface area (Å²) in [6.45, 7) is 1.29. The molecule has 0 radical (unpaired) electrons. The number of carbonyl (C=O) groups excluding carboxylic acids is 1. The maximum Gasteiger partial charge on any atom is 0.258 e. The number of benzene rings is 1. The summed E-state index contributed by atoms with van der Waals surface area (Å²) < 4.78 is 0. The molecule has 1 aliphatic carbocycles. The second-order valence-corrected chi connectivity index (χ2v) is 7.20. The maximum absolute atomic E-state index is 13.0. The van der Waals surface area contributed by atoms with Crippen LogP contribution >= 0.6 is 11.3 Å². The molecule has 0 saturated heterocycles. The molecular weight excluding hydrogens is 292 g/mol. The molecule has 2 aromatic rings. The molecule has 3 nitrogen and oxygen atoms in total. The van der Waals surface area contributed by atoms with E-state index in [4.69, 9.17) is 0 Å². The number of aryl methyl sites for hydroxylation is 1. The Bertz CT molecular complexity index is 693. The molecule has 1 aliphatic heterocycles. The zero-order valence-electron chi connectivity index (χ0n) is 12.6. The smallest absolute Gasteiger partial charge is 0.258 e. The number of rotatable bonds is 2. The van der Waals surface area contributed by atoms with Crippen molar-refractivity contribution < 1.29 is 4.79 Å². The lowest BCUT2D eigenvalue weighted by molar-refractivity contribution is 0.0746. The number of thiophene rings is 1. The third kappa shape index (κ3) is 2.41. The Morgan fingerprint density at radius 3 is 2.77 bits per heavy atom. The van der Waals surface area contributed by atoms with Crippen molar-refractivity contribution in [2.75, 3.05) is 12.0 Å². The fourth-order valence-corrected chi connectivity index (χ4v) is 4.69. The second kappa shape index (κ2) is 5.76. The first kappa shape index (κ1) is 13.8. The van der Waals surface area contributed by atoms with Crippen LogP contribution in [0, 0.1) is 0 Å². The van der Waals surface area contributed by atoms with Gasteiger partial charge in [0.25, 0.3) is 5.91 Å². The summed E-state index contributed by atoms with van der Waals surface area (Å²) in [5.41, 5.74) is 3.47. The molecule has 2 heterocycles. The number of amides is 1. The molecule has 2 aliphatic rings. The van der Waals surface area contributed by atoms with Gasteiger partial charge in [0.2, 0.25) is 0 Å². The van der Waals surface area contributed by atoms with Crippen LogP contribution in [0.3, 0.4) is 0 Å². The van der Waals surface area contributed by atoms with E-state index in [9.17, 15) is 4.79 Å². The van der Waals surface area contributed by atoms with Gasteiger partial charge in [0.05, 0.1) is 12.2 Å². The van der Waals surface area contributed by atoms with E-state index < -0.39 is 0 Å². The Balaban J connectivity index is 1.63. The standard InChI is InChI=1S/C18H20N2OS/c21-18-16-14-9-5-2-6-10-15(14)22-17(16)19-12-20(18)11-13-7-3-1-4-8-13/h1,3-4,7-8,19H,2,5-6,9-12H2. The van der Waals surface area contributed by atoms with Gasteiger partial charge in [-0.3, -0.25) is 4.79 Å². The summed E-state index contributed by atoms with van der Waals surface area (Å²) in [4.78, 5) is 16.3. The minimum atomic E-state index is 0.206. The van der Waals surface area contributed by atoms with Crippen LogP contribution in [0.5, 0.6) is 0 Å². The molecule has 0 bridgehead atoms. The van der Waals surface area contributed by atoms with E-state index in [0.717, 1.165) is 23.4 Å². The van der Waals surface area contributed by atoms with Crippen molar-refractivity contribution in [2.24, 2.45) is 0 Å². The number of fused-ring (bicyclic) bond motifs is 3. The minimum absolute atomic E-state index is 0.206. The van der Waals surface area contributed by atoms with Crippen LogP contribution in [0.15, 0.2) is 30.3 Å². The molecule has 0 saturated carbocycles.